The van der Waals surface area contributed by atoms with Crippen molar-refractivity contribution >= 4 is 10.0 Å². The van der Waals surface area contributed by atoms with Crippen molar-refractivity contribution < 1.29 is 8.42 Å². The van der Waals surface area contributed by atoms with Crippen LogP contribution in [0.1, 0.15) is 38.2 Å². The molecular formula is C13H19NO2S. The van der Waals surface area contributed by atoms with Crippen LogP contribution in [-0.4, -0.2) is 25.8 Å². The van der Waals surface area contributed by atoms with Gasteiger partial charge in [-0.3, -0.25) is 0 Å². The number of rotatable bonds is 3. The summed E-state index contributed by atoms with van der Waals surface area (Å²) in [7, 11) is -3.26. The first-order valence-corrected chi connectivity index (χ1v) is 7.56. The van der Waals surface area contributed by atoms with E-state index in [2.05, 4.69) is 13.8 Å². The van der Waals surface area contributed by atoms with E-state index < -0.39 is 10.0 Å². The third-order valence-corrected chi connectivity index (χ3v) is 5.12. The highest BCUT2D eigenvalue weighted by Gasteiger charge is 2.27. The van der Waals surface area contributed by atoms with Crippen LogP contribution in [0.5, 0.6) is 0 Å². The molecule has 0 spiro atoms. The number of hydrogen-bond donors (Lipinski definition) is 0. The third-order valence-electron chi connectivity index (χ3n) is 3.23. The van der Waals surface area contributed by atoms with Gasteiger partial charge >= 0.3 is 0 Å². The van der Waals surface area contributed by atoms with Crippen molar-refractivity contribution in [1.82, 2.24) is 4.31 Å². The van der Waals surface area contributed by atoms with Crippen LogP contribution in [0.25, 0.3) is 0 Å². The predicted molar refractivity (Wildman–Crippen MR) is 68.5 cm³/mol. The van der Waals surface area contributed by atoms with Crippen molar-refractivity contribution in [3.05, 3.63) is 29.8 Å². The second-order valence-corrected chi connectivity index (χ2v) is 6.78. The first kappa shape index (κ1) is 12.6. The smallest absolute Gasteiger partial charge is 0.207 e. The number of sulfonamides is 1. The molecule has 3 nitrogen and oxygen atoms in total. The summed E-state index contributed by atoms with van der Waals surface area (Å²) in [6.45, 7) is 5.46. The zero-order chi connectivity index (χ0) is 12.5. The minimum absolute atomic E-state index is 0.351. The molecule has 0 unspecified atom stereocenters. The molecule has 0 amide bonds. The van der Waals surface area contributed by atoms with Gasteiger partial charge < -0.3 is 0 Å². The summed E-state index contributed by atoms with van der Waals surface area (Å²) in [5.41, 5.74) is 1.07. The minimum atomic E-state index is -3.26. The lowest BCUT2D eigenvalue weighted by molar-refractivity contribution is 0.477. The Morgan fingerprint density at radius 3 is 2.41 bits per heavy atom. The predicted octanol–water partition coefficient (Wildman–Crippen LogP) is 2.59. The second-order valence-electron chi connectivity index (χ2n) is 4.84. The highest BCUT2D eigenvalue weighted by atomic mass is 32.2. The Morgan fingerprint density at radius 1 is 1.18 bits per heavy atom. The van der Waals surface area contributed by atoms with Gasteiger partial charge in [-0.15, -0.1) is 0 Å². The molecule has 1 heterocycles. The second kappa shape index (κ2) is 4.78. The van der Waals surface area contributed by atoms with Gasteiger partial charge in [-0.25, -0.2) is 8.42 Å². The zero-order valence-corrected chi connectivity index (χ0v) is 11.2. The largest absolute Gasteiger partial charge is 0.243 e. The van der Waals surface area contributed by atoms with E-state index in [0.29, 0.717) is 23.9 Å². The summed E-state index contributed by atoms with van der Waals surface area (Å²) in [4.78, 5) is 0.436. The summed E-state index contributed by atoms with van der Waals surface area (Å²) in [5.74, 6) is 0.351. The molecule has 0 radical (unpaired) electrons. The molecule has 2 rings (SSSR count). The van der Waals surface area contributed by atoms with E-state index in [0.717, 1.165) is 18.4 Å². The molecule has 1 aromatic carbocycles. The van der Waals surface area contributed by atoms with Crippen LogP contribution < -0.4 is 0 Å². The van der Waals surface area contributed by atoms with Crippen LogP contribution in [0.4, 0.5) is 0 Å². The molecule has 94 valence electrons. The Morgan fingerprint density at radius 2 is 1.82 bits per heavy atom. The molecule has 1 saturated heterocycles. The number of hydrogen-bond acceptors (Lipinski definition) is 2. The van der Waals surface area contributed by atoms with E-state index in [4.69, 9.17) is 0 Å². The molecule has 0 bridgehead atoms. The van der Waals surface area contributed by atoms with E-state index >= 15 is 0 Å². The van der Waals surface area contributed by atoms with E-state index in [1.807, 2.05) is 12.1 Å². The highest BCUT2D eigenvalue weighted by molar-refractivity contribution is 7.89. The fourth-order valence-electron chi connectivity index (χ4n) is 2.11. The first-order chi connectivity index (χ1) is 8.01. The lowest BCUT2D eigenvalue weighted by Crippen LogP contribution is -2.27. The number of benzene rings is 1. The summed E-state index contributed by atoms with van der Waals surface area (Å²) < 4.78 is 26.3. The van der Waals surface area contributed by atoms with E-state index in [-0.39, 0.29) is 0 Å². The van der Waals surface area contributed by atoms with Crippen molar-refractivity contribution in [1.29, 1.82) is 0 Å². The standard InChI is InChI=1S/C13H19NO2S/c1-11(2)12-6-5-7-13(10-12)17(15,16)14-8-3-4-9-14/h5-7,10-11H,3-4,8-9H2,1-2H3. The average molecular weight is 253 g/mol. The Hall–Kier alpha value is -0.870. The Bertz CT molecular complexity index is 488. The quantitative estimate of drug-likeness (QED) is 0.830. The van der Waals surface area contributed by atoms with E-state index in [9.17, 15) is 8.42 Å². The van der Waals surface area contributed by atoms with Crippen LogP contribution in [0.2, 0.25) is 0 Å². The maximum atomic E-state index is 12.3. The van der Waals surface area contributed by atoms with E-state index in [1.165, 1.54) is 0 Å². The van der Waals surface area contributed by atoms with Crippen LogP contribution in [0, 0.1) is 0 Å². The molecule has 1 fully saturated rings. The summed E-state index contributed by atoms with van der Waals surface area (Å²) in [6, 6.07) is 7.31. The normalized spacial score (nSPS) is 17.8. The molecular weight excluding hydrogens is 234 g/mol. The molecule has 1 aliphatic heterocycles. The number of nitrogens with zero attached hydrogens (tertiary/aromatic N) is 1. The van der Waals surface area contributed by atoms with Gasteiger partial charge in [0, 0.05) is 13.1 Å². The topological polar surface area (TPSA) is 37.4 Å². The van der Waals surface area contributed by atoms with Gasteiger partial charge in [0.15, 0.2) is 0 Å². The molecule has 0 aliphatic carbocycles. The van der Waals surface area contributed by atoms with E-state index in [1.54, 1.807) is 16.4 Å². The highest BCUT2D eigenvalue weighted by Crippen LogP contribution is 2.23. The molecule has 0 atom stereocenters. The molecule has 0 N–H and O–H groups in total. The van der Waals surface area contributed by atoms with Crippen LogP contribution in [0.15, 0.2) is 29.2 Å². The average Bonchev–Trinajstić information content (AvgIpc) is 2.83. The van der Waals surface area contributed by atoms with Crippen molar-refractivity contribution in [2.24, 2.45) is 0 Å². The van der Waals surface area contributed by atoms with Gasteiger partial charge in [-0.1, -0.05) is 26.0 Å². The van der Waals surface area contributed by atoms with Crippen molar-refractivity contribution in [2.45, 2.75) is 37.5 Å². The SMILES string of the molecule is CC(C)c1cccc(S(=O)(=O)N2CCCC2)c1. The van der Waals surface area contributed by atoms with Gasteiger partial charge in [0.2, 0.25) is 10.0 Å². The summed E-state index contributed by atoms with van der Waals surface area (Å²) in [6.07, 6.45) is 1.95. The van der Waals surface area contributed by atoms with Gasteiger partial charge in [0.25, 0.3) is 0 Å². The molecule has 17 heavy (non-hydrogen) atoms. The fourth-order valence-corrected chi connectivity index (χ4v) is 3.68. The van der Waals surface area contributed by atoms with Gasteiger partial charge in [0.05, 0.1) is 4.90 Å². The van der Waals surface area contributed by atoms with Crippen molar-refractivity contribution in [3.8, 4) is 0 Å². The zero-order valence-electron chi connectivity index (χ0n) is 10.4. The summed E-state index contributed by atoms with van der Waals surface area (Å²) in [5, 5.41) is 0. The maximum absolute atomic E-state index is 12.3. The van der Waals surface area contributed by atoms with Gasteiger partial charge in [-0.2, -0.15) is 4.31 Å². The molecule has 1 aliphatic rings. The molecule has 0 saturated carbocycles. The minimum Gasteiger partial charge on any atom is -0.207 e. The molecule has 0 aromatic heterocycles. The third kappa shape index (κ3) is 2.53. The summed E-state index contributed by atoms with van der Waals surface area (Å²) >= 11 is 0. The monoisotopic (exact) mass is 253 g/mol. The van der Waals surface area contributed by atoms with Crippen molar-refractivity contribution in [2.75, 3.05) is 13.1 Å². The van der Waals surface area contributed by atoms with Crippen molar-refractivity contribution in [3.63, 3.8) is 0 Å². The van der Waals surface area contributed by atoms with Crippen LogP contribution >= 0.6 is 0 Å². The fraction of sp³-hybridized carbons (Fsp3) is 0.538. The Balaban J connectivity index is 2.35. The van der Waals surface area contributed by atoms with Crippen LogP contribution in [-0.2, 0) is 10.0 Å². The Labute approximate surface area is 104 Å². The molecule has 4 heteroatoms. The van der Waals surface area contributed by atoms with Gasteiger partial charge in [0.1, 0.15) is 0 Å². The molecule has 1 aromatic rings. The van der Waals surface area contributed by atoms with Gasteiger partial charge in [-0.05, 0) is 36.5 Å². The Kier molecular flexibility index (Phi) is 3.54. The maximum Gasteiger partial charge on any atom is 0.243 e. The lowest BCUT2D eigenvalue weighted by Gasteiger charge is -2.16. The lowest BCUT2D eigenvalue weighted by atomic mass is 10.0. The first-order valence-electron chi connectivity index (χ1n) is 6.12. The van der Waals surface area contributed by atoms with Crippen LogP contribution in [0.3, 0.4) is 0 Å².